The minimum atomic E-state index is 0.379. The highest BCUT2D eigenvalue weighted by molar-refractivity contribution is 5.24. The molecule has 1 aliphatic rings. The van der Waals surface area contributed by atoms with Crippen LogP contribution in [0.15, 0.2) is 12.3 Å². The molecule has 1 aliphatic heterocycles. The molecule has 1 aromatic rings. The first kappa shape index (κ1) is 8.59. The van der Waals surface area contributed by atoms with Crippen molar-refractivity contribution in [1.82, 2.24) is 15.5 Å². The van der Waals surface area contributed by atoms with Crippen LogP contribution < -0.4 is 11.1 Å². The Morgan fingerprint density at radius 2 is 2.54 bits per heavy atom. The maximum atomic E-state index is 5.54. The van der Waals surface area contributed by atoms with Gasteiger partial charge in [0.1, 0.15) is 0 Å². The monoisotopic (exact) mass is 178 g/mol. The van der Waals surface area contributed by atoms with Crippen LogP contribution in [0.4, 0.5) is 0 Å². The summed E-state index contributed by atoms with van der Waals surface area (Å²) < 4.78 is 0. The summed E-state index contributed by atoms with van der Waals surface area (Å²) in [6, 6.07) is 2.42. The molecule has 0 spiro atoms. The number of nitrogens with zero attached hydrogens (tertiary/aromatic N) is 2. The predicted octanol–water partition coefficient (Wildman–Crippen LogP) is 0.0122. The van der Waals surface area contributed by atoms with Gasteiger partial charge in [0, 0.05) is 25.2 Å². The van der Waals surface area contributed by atoms with Crippen molar-refractivity contribution in [1.29, 1.82) is 0 Å². The largest absolute Gasteiger partial charge is 0.330 e. The summed E-state index contributed by atoms with van der Waals surface area (Å²) in [5.41, 5.74) is 7.94. The molecule has 2 heterocycles. The third-order valence-corrected chi connectivity index (χ3v) is 2.42. The van der Waals surface area contributed by atoms with Crippen molar-refractivity contribution in [2.45, 2.75) is 18.9 Å². The van der Waals surface area contributed by atoms with Gasteiger partial charge in [-0.05, 0) is 24.6 Å². The molecule has 0 amide bonds. The molecule has 0 radical (unpaired) electrons. The Kier molecular flexibility index (Phi) is 2.52. The molecule has 0 saturated heterocycles. The Morgan fingerprint density at radius 1 is 1.62 bits per heavy atom. The molecule has 0 bridgehead atoms. The Balaban J connectivity index is 2.26. The number of hydrogen-bond donors (Lipinski definition) is 2. The summed E-state index contributed by atoms with van der Waals surface area (Å²) in [7, 11) is 0. The highest BCUT2D eigenvalue weighted by Crippen LogP contribution is 2.21. The second kappa shape index (κ2) is 3.81. The number of nitrogens with one attached hydrogen (secondary N) is 1. The summed E-state index contributed by atoms with van der Waals surface area (Å²) >= 11 is 0. The summed E-state index contributed by atoms with van der Waals surface area (Å²) in [4.78, 5) is 0. The van der Waals surface area contributed by atoms with E-state index in [-0.39, 0.29) is 0 Å². The van der Waals surface area contributed by atoms with E-state index >= 15 is 0 Å². The van der Waals surface area contributed by atoms with Gasteiger partial charge in [0.05, 0.1) is 5.69 Å². The van der Waals surface area contributed by atoms with Crippen molar-refractivity contribution in [2.75, 3.05) is 13.1 Å². The van der Waals surface area contributed by atoms with Gasteiger partial charge >= 0.3 is 0 Å². The molecular formula is C9H14N4. The van der Waals surface area contributed by atoms with E-state index in [0.717, 1.165) is 25.1 Å². The summed E-state index contributed by atoms with van der Waals surface area (Å²) in [5.74, 6) is 0. The Bertz CT molecular complexity index is 287. The maximum absolute atomic E-state index is 5.54. The molecule has 0 saturated carbocycles. The molecule has 2 rings (SSSR count). The van der Waals surface area contributed by atoms with Gasteiger partial charge in [0.2, 0.25) is 0 Å². The van der Waals surface area contributed by atoms with Gasteiger partial charge in [-0.25, -0.2) is 0 Å². The predicted molar refractivity (Wildman–Crippen MR) is 50.2 cm³/mol. The third-order valence-electron chi connectivity index (χ3n) is 2.42. The molecule has 1 aromatic heterocycles. The van der Waals surface area contributed by atoms with E-state index < -0.39 is 0 Å². The first-order valence-electron chi connectivity index (χ1n) is 4.65. The van der Waals surface area contributed by atoms with Crippen LogP contribution in [0, 0.1) is 0 Å². The van der Waals surface area contributed by atoms with Crippen LogP contribution in [0.25, 0.3) is 0 Å². The topological polar surface area (TPSA) is 63.8 Å². The van der Waals surface area contributed by atoms with Gasteiger partial charge in [0.15, 0.2) is 0 Å². The molecule has 13 heavy (non-hydrogen) atoms. The molecule has 1 atom stereocenters. The first-order chi connectivity index (χ1) is 6.42. The average Bonchev–Trinajstić information content (AvgIpc) is 2.19. The quantitative estimate of drug-likeness (QED) is 0.669. The van der Waals surface area contributed by atoms with Crippen LogP contribution in [-0.4, -0.2) is 23.3 Å². The van der Waals surface area contributed by atoms with Crippen LogP contribution >= 0.6 is 0 Å². The van der Waals surface area contributed by atoms with Gasteiger partial charge in [-0.1, -0.05) is 0 Å². The summed E-state index contributed by atoms with van der Waals surface area (Å²) in [6.45, 7) is 1.69. The van der Waals surface area contributed by atoms with Crippen LogP contribution in [-0.2, 0) is 6.42 Å². The van der Waals surface area contributed by atoms with Crippen molar-refractivity contribution >= 4 is 0 Å². The fourth-order valence-corrected chi connectivity index (χ4v) is 1.78. The molecule has 0 fully saturated rings. The Labute approximate surface area is 77.5 Å². The fourth-order valence-electron chi connectivity index (χ4n) is 1.78. The van der Waals surface area contributed by atoms with Crippen LogP contribution in [0.1, 0.15) is 23.7 Å². The molecule has 4 nitrogen and oxygen atoms in total. The van der Waals surface area contributed by atoms with E-state index in [9.17, 15) is 0 Å². The van der Waals surface area contributed by atoms with Crippen molar-refractivity contribution in [3.63, 3.8) is 0 Å². The zero-order valence-corrected chi connectivity index (χ0v) is 7.53. The molecule has 0 aliphatic carbocycles. The second-order valence-electron chi connectivity index (χ2n) is 3.27. The molecular weight excluding hydrogens is 164 g/mol. The highest BCUT2D eigenvalue weighted by Gasteiger charge is 2.19. The number of fused-ring (bicyclic) bond motifs is 1. The molecule has 0 aromatic carbocycles. The summed E-state index contributed by atoms with van der Waals surface area (Å²) in [5, 5.41) is 11.4. The van der Waals surface area contributed by atoms with Crippen molar-refractivity contribution in [3.05, 3.63) is 23.5 Å². The molecule has 70 valence electrons. The first-order valence-corrected chi connectivity index (χ1v) is 4.65. The van der Waals surface area contributed by atoms with Crippen LogP contribution in [0.3, 0.4) is 0 Å². The number of aromatic nitrogens is 2. The van der Waals surface area contributed by atoms with Gasteiger partial charge in [-0.3, -0.25) is 0 Å². The fraction of sp³-hybridized carbons (Fsp3) is 0.556. The molecule has 1 unspecified atom stereocenters. The van der Waals surface area contributed by atoms with Gasteiger partial charge < -0.3 is 11.1 Å². The van der Waals surface area contributed by atoms with Crippen molar-refractivity contribution in [3.8, 4) is 0 Å². The standard InChI is InChI=1S/C9H14N4/c10-4-1-8-7-2-6-12-13-9(7)3-5-11-8/h2,6,8,11H,1,3-5,10H2. The normalized spacial score (nSPS) is 21.2. The van der Waals surface area contributed by atoms with E-state index in [0.29, 0.717) is 12.6 Å². The van der Waals surface area contributed by atoms with E-state index in [2.05, 4.69) is 15.5 Å². The lowest BCUT2D eigenvalue weighted by Gasteiger charge is -2.24. The zero-order valence-electron chi connectivity index (χ0n) is 7.53. The minimum Gasteiger partial charge on any atom is -0.330 e. The van der Waals surface area contributed by atoms with Crippen molar-refractivity contribution < 1.29 is 0 Å². The zero-order chi connectivity index (χ0) is 9.10. The van der Waals surface area contributed by atoms with Gasteiger partial charge in [0.25, 0.3) is 0 Å². The maximum Gasteiger partial charge on any atom is 0.0691 e. The SMILES string of the molecule is NCCC1NCCc2nnccc21. The van der Waals surface area contributed by atoms with Crippen LogP contribution in [0.5, 0.6) is 0 Å². The number of hydrogen-bond acceptors (Lipinski definition) is 4. The van der Waals surface area contributed by atoms with E-state index in [4.69, 9.17) is 5.73 Å². The Hall–Kier alpha value is -1.00. The van der Waals surface area contributed by atoms with Gasteiger partial charge in [-0.15, -0.1) is 0 Å². The lowest BCUT2D eigenvalue weighted by Crippen LogP contribution is -2.32. The Morgan fingerprint density at radius 3 is 3.38 bits per heavy atom. The van der Waals surface area contributed by atoms with E-state index in [1.54, 1.807) is 6.20 Å². The van der Waals surface area contributed by atoms with Crippen molar-refractivity contribution in [2.24, 2.45) is 5.73 Å². The lowest BCUT2D eigenvalue weighted by atomic mass is 9.97. The number of rotatable bonds is 2. The number of nitrogens with two attached hydrogens (primary N) is 1. The average molecular weight is 178 g/mol. The molecule has 4 heteroatoms. The minimum absolute atomic E-state index is 0.379. The lowest BCUT2D eigenvalue weighted by molar-refractivity contribution is 0.471. The van der Waals surface area contributed by atoms with Crippen LogP contribution in [0.2, 0.25) is 0 Å². The van der Waals surface area contributed by atoms with E-state index in [1.165, 1.54) is 5.56 Å². The van der Waals surface area contributed by atoms with Gasteiger partial charge in [-0.2, -0.15) is 10.2 Å². The smallest absolute Gasteiger partial charge is 0.0691 e. The highest BCUT2D eigenvalue weighted by atomic mass is 15.1. The molecule has 3 N–H and O–H groups in total. The second-order valence-corrected chi connectivity index (χ2v) is 3.27. The van der Waals surface area contributed by atoms with E-state index in [1.807, 2.05) is 6.07 Å². The summed E-state index contributed by atoms with van der Waals surface area (Å²) in [6.07, 6.45) is 3.69. The third kappa shape index (κ3) is 1.68.